The van der Waals surface area contributed by atoms with Gasteiger partial charge in [0.15, 0.2) is 0 Å². The molecule has 7 heteroatoms. The quantitative estimate of drug-likeness (QED) is 0.784. The van der Waals surface area contributed by atoms with Gasteiger partial charge in [-0.1, -0.05) is 18.0 Å². The number of nitrogens with zero attached hydrogens (tertiary/aromatic N) is 1. The van der Waals surface area contributed by atoms with Gasteiger partial charge in [0.1, 0.15) is 4.90 Å². The number of anilines is 1. The highest BCUT2D eigenvalue weighted by Crippen LogP contribution is 2.33. The third-order valence-electron chi connectivity index (χ3n) is 3.56. The van der Waals surface area contributed by atoms with E-state index in [-0.39, 0.29) is 22.6 Å². The molecule has 0 atom stereocenters. The number of halogens is 1. The summed E-state index contributed by atoms with van der Waals surface area (Å²) in [5, 5.41) is 9.09. The zero-order valence-corrected chi connectivity index (χ0v) is 12.7. The number of rotatable bonds is 6. The second kappa shape index (κ2) is 6.30. The number of benzene rings is 1. The summed E-state index contributed by atoms with van der Waals surface area (Å²) in [4.78, 5) is 0.0817. The first-order chi connectivity index (χ1) is 9.46. The van der Waals surface area contributed by atoms with E-state index in [0.717, 1.165) is 19.3 Å². The third kappa shape index (κ3) is 3.09. The Kier molecular flexibility index (Phi) is 4.90. The van der Waals surface area contributed by atoms with E-state index in [0.29, 0.717) is 18.7 Å². The maximum absolute atomic E-state index is 12.7. The number of aliphatic hydroxyl groups is 1. The molecule has 1 aromatic rings. The van der Waals surface area contributed by atoms with Gasteiger partial charge in [-0.2, -0.15) is 4.31 Å². The van der Waals surface area contributed by atoms with Crippen molar-refractivity contribution in [3.8, 4) is 0 Å². The smallest absolute Gasteiger partial charge is 0.244 e. The number of sulfonamides is 1. The summed E-state index contributed by atoms with van der Waals surface area (Å²) in [6.45, 7) is 0.276. The Balaban J connectivity index is 2.33. The van der Waals surface area contributed by atoms with E-state index < -0.39 is 10.0 Å². The SMILES string of the molecule is Nc1ccc(S(=O)(=O)N(CCCO)C2CCC2)c(Cl)c1. The molecule has 0 aliphatic heterocycles. The van der Waals surface area contributed by atoms with Crippen LogP contribution in [-0.2, 0) is 10.0 Å². The largest absolute Gasteiger partial charge is 0.399 e. The van der Waals surface area contributed by atoms with Crippen molar-refractivity contribution >= 4 is 27.3 Å². The van der Waals surface area contributed by atoms with Crippen molar-refractivity contribution in [1.82, 2.24) is 4.31 Å². The number of nitrogen functional groups attached to an aromatic ring is 1. The maximum atomic E-state index is 12.7. The third-order valence-corrected chi connectivity index (χ3v) is 6.00. The molecule has 20 heavy (non-hydrogen) atoms. The minimum Gasteiger partial charge on any atom is -0.399 e. The van der Waals surface area contributed by atoms with Crippen LogP contribution in [0.25, 0.3) is 0 Å². The molecule has 1 aromatic carbocycles. The lowest BCUT2D eigenvalue weighted by atomic mass is 9.93. The van der Waals surface area contributed by atoms with Crippen molar-refractivity contribution in [1.29, 1.82) is 0 Å². The second-order valence-electron chi connectivity index (χ2n) is 4.97. The Morgan fingerprint density at radius 2 is 2.10 bits per heavy atom. The molecule has 0 unspecified atom stereocenters. The number of hydrogen-bond donors (Lipinski definition) is 2. The first kappa shape index (κ1) is 15.6. The molecule has 1 saturated carbocycles. The zero-order valence-electron chi connectivity index (χ0n) is 11.1. The number of aliphatic hydroxyl groups excluding tert-OH is 1. The summed E-state index contributed by atoms with van der Waals surface area (Å²) >= 11 is 6.02. The van der Waals surface area contributed by atoms with Crippen LogP contribution in [0.15, 0.2) is 23.1 Å². The Morgan fingerprint density at radius 1 is 1.40 bits per heavy atom. The topological polar surface area (TPSA) is 83.6 Å². The predicted molar refractivity (Wildman–Crippen MR) is 79.1 cm³/mol. The molecule has 0 spiro atoms. The molecule has 2 rings (SSSR count). The lowest BCUT2D eigenvalue weighted by Gasteiger charge is -2.36. The molecule has 3 N–H and O–H groups in total. The fraction of sp³-hybridized carbons (Fsp3) is 0.538. The monoisotopic (exact) mass is 318 g/mol. The Labute approximate surface area is 124 Å². The van der Waals surface area contributed by atoms with Gasteiger partial charge in [0.25, 0.3) is 0 Å². The van der Waals surface area contributed by atoms with Gasteiger partial charge in [-0.3, -0.25) is 0 Å². The van der Waals surface area contributed by atoms with E-state index in [1.165, 1.54) is 22.5 Å². The molecule has 0 saturated heterocycles. The van der Waals surface area contributed by atoms with E-state index in [1.807, 2.05) is 0 Å². The van der Waals surface area contributed by atoms with Crippen LogP contribution in [0.4, 0.5) is 5.69 Å². The van der Waals surface area contributed by atoms with Crippen molar-refractivity contribution in [3.63, 3.8) is 0 Å². The van der Waals surface area contributed by atoms with Crippen molar-refractivity contribution in [2.75, 3.05) is 18.9 Å². The highest BCUT2D eigenvalue weighted by atomic mass is 35.5. The van der Waals surface area contributed by atoms with E-state index in [9.17, 15) is 8.42 Å². The van der Waals surface area contributed by atoms with Crippen molar-refractivity contribution < 1.29 is 13.5 Å². The van der Waals surface area contributed by atoms with Crippen LogP contribution < -0.4 is 5.73 Å². The van der Waals surface area contributed by atoms with Crippen molar-refractivity contribution in [2.24, 2.45) is 0 Å². The maximum Gasteiger partial charge on any atom is 0.244 e. The highest BCUT2D eigenvalue weighted by molar-refractivity contribution is 7.89. The van der Waals surface area contributed by atoms with Gasteiger partial charge < -0.3 is 10.8 Å². The van der Waals surface area contributed by atoms with E-state index in [2.05, 4.69) is 0 Å². The average Bonchev–Trinajstić information content (AvgIpc) is 2.31. The molecule has 0 amide bonds. The van der Waals surface area contributed by atoms with Crippen molar-refractivity contribution in [2.45, 2.75) is 36.6 Å². The molecule has 112 valence electrons. The molecule has 1 aliphatic carbocycles. The zero-order chi connectivity index (χ0) is 14.8. The minimum absolute atomic E-state index is 0.0140. The van der Waals surface area contributed by atoms with E-state index in [4.69, 9.17) is 22.4 Å². The van der Waals surface area contributed by atoms with Gasteiger partial charge in [-0.25, -0.2) is 8.42 Å². The first-order valence-corrected chi connectivity index (χ1v) is 8.46. The molecular weight excluding hydrogens is 300 g/mol. The molecule has 5 nitrogen and oxygen atoms in total. The fourth-order valence-electron chi connectivity index (χ4n) is 2.25. The standard InChI is InChI=1S/C13H19ClN2O3S/c14-12-9-10(15)5-6-13(12)20(18,19)16(7-2-8-17)11-3-1-4-11/h5-6,9,11,17H,1-4,7-8,15H2. The summed E-state index contributed by atoms with van der Waals surface area (Å²) in [7, 11) is -3.65. The average molecular weight is 319 g/mol. The van der Waals surface area contributed by atoms with Crippen LogP contribution in [0, 0.1) is 0 Å². The van der Waals surface area contributed by atoms with Gasteiger partial charge in [0.2, 0.25) is 10.0 Å². The summed E-state index contributed by atoms with van der Waals surface area (Å²) in [5.74, 6) is 0. The van der Waals surface area contributed by atoms with Gasteiger partial charge in [0, 0.05) is 24.9 Å². The van der Waals surface area contributed by atoms with Crippen LogP contribution >= 0.6 is 11.6 Å². The van der Waals surface area contributed by atoms with Crippen LogP contribution in [0.3, 0.4) is 0 Å². The molecule has 0 bridgehead atoms. The van der Waals surface area contributed by atoms with Gasteiger partial charge in [-0.15, -0.1) is 0 Å². The Morgan fingerprint density at radius 3 is 2.60 bits per heavy atom. The Hall–Kier alpha value is -0.820. The normalized spacial score (nSPS) is 16.4. The minimum atomic E-state index is -3.65. The summed E-state index contributed by atoms with van der Waals surface area (Å²) in [6, 6.07) is 4.43. The lowest BCUT2D eigenvalue weighted by Crippen LogP contribution is -2.44. The molecule has 0 heterocycles. The summed E-state index contributed by atoms with van der Waals surface area (Å²) < 4.78 is 26.9. The predicted octanol–water partition coefficient (Wildman–Crippen LogP) is 1.85. The van der Waals surface area contributed by atoms with Crippen LogP contribution in [-0.4, -0.2) is 37.0 Å². The molecule has 0 radical (unpaired) electrons. The first-order valence-electron chi connectivity index (χ1n) is 6.64. The Bertz CT molecular complexity index is 573. The van der Waals surface area contributed by atoms with Gasteiger partial charge in [0.05, 0.1) is 5.02 Å². The number of nitrogens with two attached hydrogens (primary N) is 1. The van der Waals surface area contributed by atoms with Crippen LogP contribution in [0.5, 0.6) is 0 Å². The van der Waals surface area contributed by atoms with E-state index in [1.54, 1.807) is 0 Å². The van der Waals surface area contributed by atoms with E-state index >= 15 is 0 Å². The second-order valence-corrected chi connectivity index (χ2v) is 7.23. The lowest BCUT2D eigenvalue weighted by molar-refractivity contribution is 0.198. The van der Waals surface area contributed by atoms with Crippen LogP contribution in [0.1, 0.15) is 25.7 Å². The molecule has 1 aliphatic rings. The van der Waals surface area contributed by atoms with Gasteiger partial charge >= 0.3 is 0 Å². The fourth-order valence-corrected chi connectivity index (χ4v) is 4.51. The summed E-state index contributed by atoms with van der Waals surface area (Å²) in [5.41, 5.74) is 6.03. The molecule has 0 aromatic heterocycles. The van der Waals surface area contributed by atoms with Crippen LogP contribution in [0.2, 0.25) is 5.02 Å². The highest BCUT2D eigenvalue weighted by Gasteiger charge is 2.35. The summed E-state index contributed by atoms with van der Waals surface area (Å²) in [6.07, 6.45) is 3.17. The van der Waals surface area contributed by atoms with Gasteiger partial charge in [-0.05, 0) is 37.5 Å². The number of hydrogen-bond acceptors (Lipinski definition) is 4. The molecule has 1 fully saturated rings. The van der Waals surface area contributed by atoms with Crippen molar-refractivity contribution in [3.05, 3.63) is 23.2 Å². The molecular formula is C13H19ClN2O3S.